The monoisotopic (exact) mass is 431 g/mol. The van der Waals surface area contributed by atoms with Crippen molar-refractivity contribution in [3.63, 3.8) is 0 Å². The van der Waals surface area contributed by atoms with Crippen LogP contribution in [0.2, 0.25) is 0 Å². The van der Waals surface area contributed by atoms with Gasteiger partial charge in [-0.15, -0.1) is 0 Å². The highest BCUT2D eigenvalue weighted by Crippen LogP contribution is 2.25. The van der Waals surface area contributed by atoms with E-state index in [4.69, 9.17) is 4.74 Å². The number of ether oxygens (including phenoxy) is 1. The van der Waals surface area contributed by atoms with Crippen LogP contribution in [0, 0.1) is 6.92 Å². The number of rotatable bonds is 8. The van der Waals surface area contributed by atoms with Gasteiger partial charge in [0.05, 0.1) is 5.52 Å². The van der Waals surface area contributed by atoms with E-state index in [1.165, 1.54) is 24.8 Å². The van der Waals surface area contributed by atoms with Crippen molar-refractivity contribution in [3.05, 3.63) is 65.9 Å². The molecule has 1 amide bonds. The quantitative estimate of drug-likeness (QED) is 0.521. The molecular formula is C27H33N3O2. The lowest BCUT2D eigenvalue weighted by Crippen LogP contribution is -2.43. The number of benzene rings is 2. The molecule has 1 N–H and O–H groups in total. The van der Waals surface area contributed by atoms with Crippen molar-refractivity contribution in [2.24, 2.45) is 0 Å². The summed E-state index contributed by atoms with van der Waals surface area (Å²) < 4.78 is 6.21. The number of fused-ring (bicyclic) bond motifs is 1. The maximum absolute atomic E-state index is 11.7. The highest BCUT2D eigenvalue weighted by molar-refractivity contribution is 5.90. The number of carbonyl (C=O) groups excluding carboxylic acids is 1. The van der Waals surface area contributed by atoms with Crippen molar-refractivity contribution in [3.8, 4) is 5.75 Å². The predicted octanol–water partition coefficient (Wildman–Crippen LogP) is 5.37. The number of hydrogen-bond acceptors (Lipinski definition) is 4. The van der Waals surface area contributed by atoms with Crippen molar-refractivity contribution in [2.75, 3.05) is 25.0 Å². The minimum absolute atomic E-state index is 0.0531. The third-order valence-electron chi connectivity index (χ3n) is 6.22. The van der Waals surface area contributed by atoms with Crippen LogP contribution < -0.4 is 10.1 Å². The first-order chi connectivity index (χ1) is 15.6. The molecule has 1 aliphatic rings. The van der Waals surface area contributed by atoms with Crippen LogP contribution in [0.4, 0.5) is 5.69 Å². The first kappa shape index (κ1) is 22.3. The fraction of sp³-hybridized carbons (Fsp3) is 0.407. The van der Waals surface area contributed by atoms with E-state index in [0.717, 1.165) is 47.5 Å². The number of piperidine rings is 1. The van der Waals surface area contributed by atoms with E-state index in [-0.39, 0.29) is 5.91 Å². The molecule has 0 spiro atoms. The minimum Gasteiger partial charge on any atom is -0.492 e. The van der Waals surface area contributed by atoms with Gasteiger partial charge < -0.3 is 10.1 Å². The molecule has 32 heavy (non-hydrogen) atoms. The van der Waals surface area contributed by atoms with Gasteiger partial charge in [-0.1, -0.05) is 31.5 Å². The predicted molar refractivity (Wildman–Crippen MR) is 130 cm³/mol. The Morgan fingerprint density at radius 1 is 1.16 bits per heavy atom. The zero-order valence-electron chi connectivity index (χ0n) is 19.1. The Morgan fingerprint density at radius 2 is 2.03 bits per heavy atom. The summed E-state index contributed by atoms with van der Waals surface area (Å²) in [5.41, 5.74) is 4.16. The Bertz CT molecular complexity index is 1070. The summed E-state index contributed by atoms with van der Waals surface area (Å²) >= 11 is 0. The van der Waals surface area contributed by atoms with Crippen LogP contribution in [-0.4, -0.2) is 41.5 Å². The standard InChI is InChI=1S/C27H33N3O2/c1-3-27(31)29-22-9-6-8-21(18-22)19-23-10-4-5-15-30(23)16-17-32-26-12-7-11-25-24(26)14-13-20(2)28-25/h6-9,11-14,18,23H,3-5,10,15-17,19H2,1-2H3,(H,29,31). The Hall–Kier alpha value is -2.92. The van der Waals surface area contributed by atoms with Crippen LogP contribution in [-0.2, 0) is 11.2 Å². The van der Waals surface area contributed by atoms with Crippen LogP contribution in [0.5, 0.6) is 5.75 Å². The number of nitrogens with one attached hydrogen (secondary N) is 1. The van der Waals surface area contributed by atoms with Crippen LogP contribution in [0.15, 0.2) is 54.6 Å². The number of nitrogens with zero attached hydrogens (tertiary/aromatic N) is 2. The zero-order chi connectivity index (χ0) is 22.3. The van der Waals surface area contributed by atoms with Gasteiger partial charge in [-0.2, -0.15) is 0 Å². The number of aromatic nitrogens is 1. The van der Waals surface area contributed by atoms with E-state index in [1.807, 2.05) is 50.2 Å². The zero-order valence-corrected chi connectivity index (χ0v) is 19.1. The van der Waals surface area contributed by atoms with Crippen molar-refractivity contribution in [1.29, 1.82) is 0 Å². The third-order valence-corrected chi connectivity index (χ3v) is 6.22. The average Bonchev–Trinajstić information content (AvgIpc) is 2.80. The highest BCUT2D eigenvalue weighted by atomic mass is 16.5. The molecule has 2 heterocycles. The molecule has 168 valence electrons. The molecule has 3 aromatic rings. The van der Waals surface area contributed by atoms with E-state index < -0.39 is 0 Å². The number of pyridine rings is 1. The molecule has 5 nitrogen and oxygen atoms in total. The van der Waals surface area contributed by atoms with Gasteiger partial charge in [0.25, 0.3) is 0 Å². The van der Waals surface area contributed by atoms with Gasteiger partial charge >= 0.3 is 0 Å². The number of aryl methyl sites for hydroxylation is 1. The Kier molecular flexibility index (Phi) is 7.38. The highest BCUT2D eigenvalue weighted by Gasteiger charge is 2.22. The molecule has 0 saturated carbocycles. The summed E-state index contributed by atoms with van der Waals surface area (Å²) in [4.78, 5) is 18.9. The topological polar surface area (TPSA) is 54.5 Å². The van der Waals surface area contributed by atoms with Crippen molar-refractivity contribution in [2.45, 2.75) is 52.0 Å². The molecule has 1 unspecified atom stereocenters. The van der Waals surface area contributed by atoms with Crippen molar-refractivity contribution >= 4 is 22.5 Å². The Morgan fingerprint density at radius 3 is 2.91 bits per heavy atom. The third kappa shape index (κ3) is 5.65. The SMILES string of the molecule is CCC(=O)Nc1cccc(CC2CCCCN2CCOc2cccc3nc(C)ccc23)c1. The van der Waals surface area contributed by atoms with Crippen molar-refractivity contribution < 1.29 is 9.53 Å². The van der Waals surface area contributed by atoms with Crippen LogP contribution >= 0.6 is 0 Å². The first-order valence-corrected chi connectivity index (χ1v) is 11.7. The second kappa shape index (κ2) is 10.6. The van der Waals surface area contributed by atoms with Gasteiger partial charge in [0.1, 0.15) is 12.4 Å². The Labute approximate surface area is 190 Å². The number of anilines is 1. The second-order valence-electron chi connectivity index (χ2n) is 8.62. The first-order valence-electron chi connectivity index (χ1n) is 11.7. The molecule has 2 aromatic carbocycles. The van der Waals surface area contributed by atoms with Gasteiger partial charge in [0, 0.05) is 35.8 Å². The molecular weight excluding hydrogens is 398 g/mol. The lowest BCUT2D eigenvalue weighted by molar-refractivity contribution is -0.115. The average molecular weight is 432 g/mol. The fourth-order valence-electron chi connectivity index (χ4n) is 4.51. The molecule has 0 radical (unpaired) electrons. The molecule has 1 saturated heterocycles. The fourth-order valence-corrected chi connectivity index (χ4v) is 4.51. The summed E-state index contributed by atoms with van der Waals surface area (Å²) in [5, 5.41) is 4.04. The van der Waals surface area contributed by atoms with Crippen molar-refractivity contribution in [1.82, 2.24) is 9.88 Å². The van der Waals surface area contributed by atoms with Gasteiger partial charge in [0.15, 0.2) is 0 Å². The van der Waals surface area contributed by atoms with Gasteiger partial charge in [-0.25, -0.2) is 0 Å². The maximum Gasteiger partial charge on any atom is 0.224 e. The molecule has 1 aromatic heterocycles. The maximum atomic E-state index is 11.7. The summed E-state index contributed by atoms with van der Waals surface area (Å²) in [6.45, 7) is 6.56. The summed E-state index contributed by atoms with van der Waals surface area (Å²) in [7, 11) is 0. The number of carbonyl (C=O) groups is 1. The van der Waals surface area contributed by atoms with Crippen LogP contribution in [0.3, 0.4) is 0 Å². The lowest BCUT2D eigenvalue weighted by Gasteiger charge is -2.35. The van der Waals surface area contributed by atoms with E-state index in [1.54, 1.807) is 0 Å². The van der Waals surface area contributed by atoms with E-state index >= 15 is 0 Å². The number of likely N-dealkylation sites (tertiary alicyclic amines) is 1. The van der Waals surface area contributed by atoms with Crippen LogP contribution in [0.1, 0.15) is 43.9 Å². The summed E-state index contributed by atoms with van der Waals surface area (Å²) in [5.74, 6) is 0.959. The molecule has 0 aliphatic carbocycles. The molecule has 4 rings (SSSR count). The molecule has 1 atom stereocenters. The molecule has 5 heteroatoms. The van der Waals surface area contributed by atoms with Gasteiger partial charge in [-0.05, 0) is 74.7 Å². The van der Waals surface area contributed by atoms with E-state index in [2.05, 4.69) is 33.4 Å². The number of amides is 1. The second-order valence-corrected chi connectivity index (χ2v) is 8.62. The molecule has 1 aliphatic heterocycles. The Balaban J connectivity index is 1.37. The van der Waals surface area contributed by atoms with E-state index in [0.29, 0.717) is 19.1 Å². The minimum atomic E-state index is 0.0531. The molecule has 1 fully saturated rings. The smallest absolute Gasteiger partial charge is 0.224 e. The van der Waals surface area contributed by atoms with E-state index in [9.17, 15) is 4.79 Å². The van der Waals surface area contributed by atoms with Gasteiger partial charge in [-0.3, -0.25) is 14.7 Å². The lowest BCUT2D eigenvalue weighted by atomic mass is 9.95. The summed E-state index contributed by atoms with van der Waals surface area (Å²) in [6, 6.07) is 19.0. The number of hydrogen-bond donors (Lipinski definition) is 1. The van der Waals surface area contributed by atoms with Crippen LogP contribution in [0.25, 0.3) is 10.9 Å². The summed E-state index contributed by atoms with van der Waals surface area (Å²) in [6.07, 6.45) is 5.19. The normalized spacial score (nSPS) is 16.8. The molecule has 0 bridgehead atoms. The van der Waals surface area contributed by atoms with Gasteiger partial charge in [0.2, 0.25) is 5.91 Å². The largest absolute Gasteiger partial charge is 0.492 e.